The highest BCUT2D eigenvalue weighted by Gasteiger charge is 2.11. The zero-order valence-electron chi connectivity index (χ0n) is 10.4. The second kappa shape index (κ2) is 7.41. The molecule has 0 bridgehead atoms. The number of hydrogen-bond donors (Lipinski definition) is 1. The first kappa shape index (κ1) is 12.5. The predicted octanol–water partition coefficient (Wildman–Crippen LogP) is 2.38. The summed E-state index contributed by atoms with van der Waals surface area (Å²) in [5, 5.41) is 3.45. The molecule has 17 heavy (non-hydrogen) atoms. The molecule has 0 saturated carbocycles. The van der Waals surface area contributed by atoms with Gasteiger partial charge in [0.1, 0.15) is 0 Å². The quantitative estimate of drug-likeness (QED) is 0.767. The third kappa shape index (κ3) is 4.84. The molecule has 1 N–H and O–H groups in total. The zero-order valence-corrected chi connectivity index (χ0v) is 10.4. The van der Waals surface area contributed by atoms with E-state index in [2.05, 4.69) is 10.3 Å². The van der Waals surface area contributed by atoms with Crippen LogP contribution in [0.25, 0.3) is 0 Å². The Bertz CT molecular complexity index is 296. The average molecular weight is 234 g/mol. The fourth-order valence-corrected chi connectivity index (χ4v) is 2.31. The normalized spacial score (nSPS) is 20.4. The Kier molecular flexibility index (Phi) is 5.46. The van der Waals surface area contributed by atoms with Crippen LogP contribution >= 0.6 is 0 Å². The SMILES string of the molecule is c1cc(COCCC[C@H]2CCCNC2)ccn1. The molecule has 0 amide bonds. The summed E-state index contributed by atoms with van der Waals surface area (Å²) in [6.07, 6.45) is 8.82. The van der Waals surface area contributed by atoms with Gasteiger partial charge in [-0.25, -0.2) is 0 Å². The third-order valence-corrected chi connectivity index (χ3v) is 3.32. The molecule has 1 aromatic rings. The molecule has 2 heterocycles. The van der Waals surface area contributed by atoms with Crippen LogP contribution in [0, 0.1) is 5.92 Å². The van der Waals surface area contributed by atoms with E-state index in [4.69, 9.17) is 4.74 Å². The summed E-state index contributed by atoms with van der Waals surface area (Å²) in [7, 11) is 0. The summed E-state index contributed by atoms with van der Waals surface area (Å²) >= 11 is 0. The summed E-state index contributed by atoms with van der Waals surface area (Å²) in [4.78, 5) is 3.99. The molecule has 1 atom stereocenters. The van der Waals surface area contributed by atoms with E-state index < -0.39 is 0 Å². The Labute approximate surface area is 104 Å². The van der Waals surface area contributed by atoms with E-state index in [0.717, 1.165) is 12.5 Å². The Morgan fingerprint density at radius 2 is 2.24 bits per heavy atom. The Hall–Kier alpha value is -0.930. The van der Waals surface area contributed by atoms with E-state index in [1.807, 2.05) is 24.5 Å². The van der Waals surface area contributed by atoms with Gasteiger partial charge in [0.2, 0.25) is 0 Å². The van der Waals surface area contributed by atoms with Crippen molar-refractivity contribution in [3.63, 3.8) is 0 Å². The van der Waals surface area contributed by atoms with E-state index in [1.165, 1.54) is 44.3 Å². The predicted molar refractivity (Wildman–Crippen MR) is 68.7 cm³/mol. The van der Waals surface area contributed by atoms with Crippen LogP contribution in [0.5, 0.6) is 0 Å². The number of rotatable bonds is 6. The number of aromatic nitrogens is 1. The lowest BCUT2D eigenvalue weighted by atomic mass is 9.95. The minimum Gasteiger partial charge on any atom is -0.377 e. The summed E-state index contributed by atoms with van der Waals surface area (Å²) in [6.45, 7) is 3.99. The molecule has 3 heteroatoms. The van der Waals surface area contributed by atoms with Gasteiger partial charge in [0.25, 0.3) is 0 Å². The maximum Gasteiger partial charge on any atom is 0.0717 e. The zero-order chi connectivity index (χ0) is 11.8. The van der Waals surface area contributed by atoms with Crippen LogP contribution in [-0.2, 0) is 11.3 Å². The molecule has 0 aromatic carbocycles. The van der Waals surface area contributed by atoms with Gasteiger partial charge >= 0.3 is 0 Å². The Morgan fingerprint density at radius 1 is 1.35 bits per heavy atom. The molecule has 94 valence electrons. The number of nitrogens with one attached hydrogen (secondary N) is 1. The van der Waals surface area contributed by atoms with Crippen LogP contribution in [-0.4, -0.2) is 24.7 Å². The molecule has 1 aliphatic heterocycles. The molecule has 3 nitrogen and oxygen atoms in total. The lowest BCUT2D eigenvalue weighted by molar-refractivity contribution is 0.112. The van der Waals surface area contributed by atoms with Gasteiger partial charge < -0.3 is 10.1 Å². The maximum absolute atomic E-state index is 5.66. The van der Waals surface area contributed by atoms with Gasteiger partial charge in [0.05, 0.1) is 6.61 Å². The molecule has 1 aromatic heterocycles. The molecule has 0 spiro atoms. The average Bonchev–Trinajstić information content (AvgIpc) is 2.41. The first-order valence-corrected chi connectivity index (χ1v) is 6.62. The highest BCUT2D eigenvalue weighted by atomic mass is 16.5. The van der Waals surface area contributed by atoms with Crippen molar-refractivity contribution in [1.29, 1.82) is 0 Å². The topological polar surface area (TPSA) is 34.1 Å². The molecule has 2 rings (SSSR count). The van der Waals surface area contributed by atoms with E-state index in [-0.39, 0.29) is 0 Å². The Morgan fingerprint density at radius 3 is 3.00 bits per heavy atom. The molecule has 0 radical (unpaired) electrons. The fourth-order valence-electron chi connectivity index (χ4n) is 2.31. The first-order valence-electron chi connectivity index (χ1n) is 6.62. The lowest BCUT2D eigenvalue weighted by Crippen LogP contribution is -2.29. The van der Waals surface area contributed by atoms with Crippen molar-refractivity contribution < 1.29 is 4.74 Å². The summed E-state index contributed by atoms with van der Waals surface area (Å²) in [5.74, 6) is 0.869. The van der Waals surface area contributed by atoms with Crippen LogP contribution in [0.3, 0.4) is 0 Å². The second-order valence-corrected chi connectivity index (χ2v) is 4.76. The standard InChI is InChI=1S/C14H22N2O/c1-3-13(11-16-7-1)4-2-10-17-12-14-5-8-15-9-6-14/h5-6,8-9,13,16H,1-4,7,10-12H2/t13-/m1/s1. The van der Waals surface area contributed by atoms with E-state index in [0.29, 0.717) is 6.61 Å². The van der Waals surface area contributed by atoms with Crippen molar-refractivity contribution in [2.75, 3.05) is 19.7 Å². The Balaban J connectivity index is 1.51. The summed E-state index contributed by atoms with van der Waals surface area (Å²) in [6, 6.07) is 4.01. The number of pyridine rings is 1. The van der Waals surface area contributed by atoms with Crippen LogP contribution in [0.2, 0.25) is 0 Å². The van der Waals surface area contributed by atoms with Crippen molar-refractivity contribution in [3.05, 3.63) is 30.1 Å². The summed E-state index contributed by atoms with van der Waals surface area (Å²) in [5.41, 5.74) is 1.21. The minimum absolute atomic E-state index is 0.714. The molecule has 1 fully saturated rings. The molecule has 0 unspecified atom stereocenters. The van der Waals surface area contributed by atoms with E-state index >= 15 is 0 Å². The molecule has 1 saturated heterocycles. The summed E-state index contributed by atoms with van der Waals surface area (Å²) < 4.78 is 5.66. The number of piperidine rings is 1. The smallest absolute Gasteiger partial charge is 0.0717 e. The van der Waals surface area contributed by atoms with Gasteiger partial charge in [0.15, 0.2) is 0 Å². The van der Waals surface area contributed by atoms with E-state index in [1.54, 1.807) is 0 Å². The van der Waals surface area contributed by atoms with E-state index in [9.17, 15) is 0 Å². The number of ether oxygens (including phenoxy) is 1. The number of hydrogen-bond acceptors (Lipinski definition) is 3. The van der Waals surface area contributed by atoms with Crippen LogP contribution in [0.4, 0.5) is 0 Å². The fraction of sp³-hybridized carbons (Fsp3) is 0.643. The van der Waals surface area contributed by atoms with Crippen molar-refractivity contribution in [2.24, 2.45) is 5.92 Å². The van der Waals surface area contributed by atoms with Crippen molar-refractivity contribution in [3.8, 4) is 0 Å². The molecular weight excluding hydrogens is 212 g/mol. The first-order chi connectivity index (χ1) is 8.45. The third-order valence-electron chi connectivity index (χ3n) is 3.32. The van der Waals surface area contributed by atoms with Crippen LogP contribution in [0.15, 0.2) is 24.5 Å². The highest BCUT2D eigenvalue weighted by Crippen LogP contribution is 2.15. The van der Waals surface area contributed by atoms with Crippen LogP contribution < -0.4 is 5.32 Å². The monoisotopic (exact) mass is 234 g/mol. The van der Waals surface area contributed by atoms with Gasteiger partial charge in [-0.1, -0.05) is 0 Å². The maximum atomic E-state index is 5.66. The van der Waals surface area contributed by atoms with Gasteiger partial charge in [-0.3, -0.25) is 4.98 Å². The van der Waals surface area contributed by atoms with Gasteiger partial charge in [0, 0.05) is 19.0 Å². The van der Waals surface area contributed by atoms with Gasteiger partial charge in [-0.05, 0) is 62.4 Å². The van der Waals surface area contributed by atoms with Crippen molar-refractivity contribution >= 4 is 0 Å². The molecule has 1 aliphatic rings. The molecule has 0 aliphatic carbocycles. The lowest BCUT2D eigenvalue weighted by Gasteiger charge is -2.22. The second-order valence-electron chi connectivity index (χ2n) is 4.76. The number of nitrogens with zero attached hydrogens (tertiary/aromatic N) is 1. The van der Waals surface area contributed by atoms with Crippen molar-refractivity contribution in [2.45, 2.75) is 32.3 Å². The largest absolute Gasteiger partial charge is 0.377 e. The van der Waals surface area contributed by atoms with Crippen molar-refractivity contribution in [1.82, 2.24) is 10.3 Å². The van der Waals surface area contributed by atoms with Gasteiger partial charge in [-0.15, -0.1) is 0 Å². The van der Waals surface area contributed by atoms with Crippen LogP contribution in [0.1, 0.15) is 31.2 Å². The highest BCUT2D eigenvalue weighted by molar-refractivity contribution is 5.07. The molecular formula is C14H22N2O. The van der Waals surface area contributed by atoms with Gasteiger partial charge in [-0.2, -0.15) is 0 Å². The minimum atomic E-state index is 0.714.